The van der Waals surface area contributed by atoms with Crippen molar-refractivity contribution in [2.75, 3.05) is 33.0 Å². The summed E-state index contributed by atoms with van der Waals surface area (Å²) in [4.78, 5) is 0. The van der Waals surface area contributed by atoms with E-state index >= 15 is 0 Å². The molecule has 0 bridgehead atoms. The minimum atomic E-state index is 0.606. The van der Waals surface area contributed by atoms with Crippen molar-refractivity contribution in [1.82, 2.24) is 5.32 Å². The van der Waals surface area contributed by atoms with Gasteiger partial charge in [0.05, 0.1) is 19.8 Å². The lowest BCUT2D eigenvalue weighted by Crippen LogP contribution is -2.29. The highest BCUT2D eigenvalue weighted by atomic mass is 16.5. The van der Waals surface area contributed by atoms with E-state index < -0.39 is 0 Å². The smallest absolute Gasteiger partial charge is 0.0701 e. The first-order valence-electron chi connectivity index (χ1n) is 6.20. The Morgan fingerprint density at radius 2 is 1.60 bits per heavy atom. The zero-order valence-electron chi connectivity index (χ0n) is 10.6. The van der Waals surface area contributed by atoms with Crippen LogP contribution >= 0.6 is 0 Å². The number of hydrogen-bond acceptors (Lipinski definition) is 3. The summed E-state index contributed by atoms with van der Waals surface area (Å²) < 4.78 is 10.7. The van der Waals surface area contributed by atoms with Crippen LogP contribution in [0.25, 0.3) is 0 Å². The molecule has 0 saturated heterocycles. The molecule has 92 valence electrons. The van der Waals surface area contributed by atoms with Crippen LogP contribution < -0.4 is 5.32 Å². The Kier molecular flexibility index (Phi) is 11.9. The van der Waals surface area contributed by atoms with Gasteiger partial charge < -0.3 is 14.8 Å². The summed E-state index contributed by atoms with van der Waals surface area (Å²) in [6.45, 7) is 10.5. The van der Waals surface area contributed by atoms with E-state index in [4.69, 9.17) is 9.47 Å². The molecule has 0 spiro atoms. The predicted molar refractivity (Wildman–Crippen MR) is 64.3 cm³/mol. The number of hydrogen-bond donors (Lipinski definition) is 1. The molecule has 3 heteroatoms. The fraction of sp³-hybridized carbons (Fsp3) is 1.00. The van der Waals surface area contributed by atoms with E-state index in [2.05, 4.69) is 26.1 Å². The van der Waals surface area contributed by atoms with Gasteiger partial charge in [-0.1, -0.05) is 20.3 Å². The van der Waals surface area contributed by atoms with Gasteiger partial charge in [0.15, 0.2) is 0 Å². The Morgan fingerprint density at radius 3 is 2.20 bits per heavy atom. The minimum absolute atomic E-state index is 0.606. The van der Waals surface area contributed by atoms with Crippen molar-refractivity contribution < 1.29 is 9.47 Å². The lowest BCUT2D eigenvalue weighted by molar-refractivity contribution is 0.0485. The van der Waals surface area contributed by atoms with Crippen molar-refractivity contribution in [3.63, 3.8) is 0 Å². The molecule has 0 aromatic rings. The molecule has 0 rings (SSSR count). The minimum Gasteiger partial charge on any atom is -0.379 e. The number of nitrogens with one attached hydrogen (secondary N) is 1. The highest BCUT2D eigenvalue weighted by molar-refractivity contribution is 4.58. The second-order valence-electron chi connectivity index (χ2n) is 3.87. The van der Waals surface area contributed by atoms with Crippen molar-refractivity contribution in [3.05, 3.63) is 0 Å². The van der Waals surface area contributed by atoms with Crippen LogP contribution in [-0.4, -0.2) is 39.0 Å². The molecular weight excluding hydrogens is 190 g/mol. The maximum Gasteiger partial charge on any atom is 0.0701 e. The molecule has 0 aromatic heterocycles. The summed E-state index contributed by atoms with van der Waals surface area (Å²) in [5, 5.41) is 3.42. The quantitative estimate of drug-likeness (QED) is 0.538. The fourth-order valence-electron chi connectivity index (χ4n) is 1.38. The lowest BCUT2D eigenvalue weighted by atomic mass is 10.2. The van der Waals surface area contributed by atoms with Crippen molar-refractivity contribution in [1.29, 1.82) is 0 Å². The average molecular weight is 217 g/mol. The molecule has 1 N–H and O–H groups in total. The number of ether oxygens (including phenoxy) is 2. The third kappa shape index (κ3) is 11.8. The molecule has 0 aliphatic carbocycles. The molecule has 1 atom stereocenters. The molecule has 0 aromatic carbocycles. The molecule has 15 heavy (non-hydrogen) atoms. The second kappa shape index (κ2) is 12.0. The maximum atomic E-state index is 5.42. The third-order valence-corrected chi connectivity index (χ3v) is 2.18. The highest BCUT2D eigenvalue weighted by Crippen LogP contribution is 1.93. The Bertz CT molecular complexity index is 120. The van der Waals surface area contributed by atoms with Crippen LogP contribution in [0, 0.1) is 0 Å². The molecule has 0 heterocycles. The van der Waals surface area contributed by atoms with E-state index in [1.54, 1.807) is 0 Å². The first-order valence-corrected chi connectivity index (χ1v) is 6.20. The SMILES string of the molecule is CCCOCCOCCNC(C)CCC. The highest BCUT2D eigenvalue weighted by Gasteiger charge is 1.97. The molecule has 0 radical (unpaired) electrons. The molecule has 0 amide bonds. The van der Waals surface area contributed by atoms with Gasteiger partial charge in [-0.2, -0.15) is 0 Å². The van der Waals surface area contributed by atoms with E-state index in [1.807, 2.05) is 0 Å². The van der Waals surface area contributed by atoms with Crippen molar-refractivity contribution in [2.45, 2.75) is 46.1 Å². The molecule has 3 nitrogen and oxygen atoms in total. The summed E-state index contributed by atoms with van der Waals surface area (Å²) in [6, 6.07) is 0.606. The zero-order valence-corrected chi connectivity index (χ0v) is 10.6. The van der Waals surface area contributed by atoms with Gasteiger partial charge in [-0.15, -0.1) is 0 Å². The van der Waals surface area contributed by atoms with Gasteiger partial charge in [0.2, 0.25) is 0 Å². The van der Waals surface area contributed by atoms with Gasteiger partial charge in [-0.05, 0) is 19.8 Å². The third-order valence-electron chi connectivity index (χ3n) is 2.18. The van der Waals surface area contributed by atoms with Gasteiger partial charge in [0.25, 0.3) is 0 Å². The van der Waals surface area contributed by atoms with Crippen LogP contribution in [0.1, 0.15) is 40.0 Å². The summed E-state index contributed by atoms with van der Waals surface area (Å²) in [5.74, 6) is 0. The first kappa shape index (κ1) is 14.9. The van der Waals surface area contributed by atoms with Crippen molar-refractivity contribution in [2.24, 2.45) is 0 Å². The van der Waals surface area contributed by atoms with Gasteiger partial charge >= 0.3 is 0 Å². The Balaban J connectivity index is 2.98. The summed E-state index contributed by atoms with van der Waals surface area (Å²) in [6.07, 6.45) is 3.55. The molecule has 0 fully saturated rings. The predicted octanol–water partition coefficient (Wildman–Crippen LogP) is 2.21. The molecular formula is C12H27NO2. The monoisotopic (exact) mass is 217 g/mol. The van der Waals surface area contributed by atoms with Gasteiger partial charge in [0, 0.05) is 19.2 Å². The standard InChI is InChI=1S/C12H27NO2/c1-4-6-12(3)13-7-9-15-11-10-14-8-5-2/h12-13H,4-11H2,1-3H3. The average Bonchev–Trinajstić information content (AvgIpc) is 2.22. The van der Waals surface area contributed by atoms with E-state index in [0.717, 1.165) is 32.8 Å². The Morgan fingerprint density at radius 1 is 0.933 bits per heavy atom. The van der Waals surface area contributed by atoms with E-state index in [9.17, 15) is 0 Å². The van der Waals surface area contributed by atoms with Crippen molar-refractivity contribution >= 4 is 0 Å². The Labute approximate surface area is 94.5 Å². The topological polar surface area (TPSA) is 30.5 Å². The van der Waals surface area contributed by atoms with Crippen LogP contribution in [-0.2, 0) is 9.47 Å². The largest absolute Gasteiger partial charge is 0.379 e. The second-order valence-corrected chi connectivity index (χ2v) is 3.87. The maximum absolute atomic E-state index is 5.42. The fourth-order valence-corrected chi connectivity index (χ4v) is 1.38. The van der Waals surface area contributed by atoms with Gasteiger partial charge in [-0.3, -0.25) is 0 Å². The number of rotatable bonds is 11. The summed E-state index contributed by atoms with van der Waals surface area (Å²) >= 11 is 0. The molecule has 1 unspecified atom stereocenters. The van der Waals surface area contributed by atoms with E-state index in [1.165, 1.54) is 12.8 Å². The van der Waals surface area contributed by atoms with Crippen molar-refractivity contribution in [3.8, 4) is 0 Å². The zero-order chi connectivity index (χ0) is 11.4. The molecule has 0 saturated carbocycles. The Hall–Kier alpha value is -0.120. The molecule has 0 aliphatic rings. The first-order chi connectivity index (χ1) is 7.31. The van der Waals surface area contributed by atoms with Gasteiger partial charge in [-0.25, -0.2) is 0 Å². The van der Waals surface area contributed by atoms with Crippen LogP contribution in [0.15, 0.2) is 0 Å². The van der Waals surface area contributed by atoms with Crippen LogP contribution in [0.2, 0.25) is 0 Å². The van der Waals surface area contributed by atoms with E-state index in [-0.39, 0.29) is 0 Å². The lowest BCUT2D eigenvalue weighted by Gasteiger charge is -2.12. The normalized spacial score (nSPS) is 13.0. The summed E-state index contributed by atoms with van der Waals surface area (Å²) in [7, 11) is 0. The van der Waals surface area contributed by atoms with Crippen LogP contribution in [0.4, 0.5) is 0 Å². The molecule has 0 aliphatic heterocycles. The van der Waals surface area contributed by atoms with E-state index in [0.29, 0.717) is 12.6 Å². The van der Waals surface area contributed by atoms with Gasteiger partial charge in [0.1, 0.15) is 0 Å². The summed E-state index contributed by atoms with van der Waals surface area (Å²) in [5.41, 5.74) is 0. The van der Waals surface area contributed by atoms with Crippen LogP contribution in [0.5, 0.6) is 0 Å². The van der Waals surface area contributed by atoms with Crippen LogP contribution in [0.3, 0.4) is 0 Å².